The number of hydrogen-bond donors (Lipinski definition) is 2. The number of phosphoric ester groups is 1. The van der Waals surface area contributed by atoms with Crippen molar-refractivity contribution in [2.45, 2.75) is 180 Å². The SMILES string of the molecule is CCCCC/C=C\C/C=C\CCCCCCCC(=O)OC(COC(=O)CCCCCCC/C=C\CCCCCCC)COP(=O)(O)OCCN. The van der Waals surface area contributed by atoms with E-state index in [1.165, 1.54) is 64.2 Å². The van der Waals surface area contributed by atoms with Crippen LogP contribution in [0.5, 0.6) is 0 Å². The molecule has 0 bridgehead atoms. The van der Waals surface area contributed by atoms with E-state index in [0.29, 0.717) is 6.42 Å². The van der Waals surface area contributed by atoms with Crippen molar-refractivity contribution in [3.05, 3.63) is 36.5 Å². The molecule has 0 fully saturated rings. The van der Waals surface area contributed by atoms with Crippen LogP contribution in [0.3, 0.4) is 0 Å². The summed E-state index contributed by atoms with van der Waals surface area (Å²) in [6.07, 6.45) is 38.8. The Morgan fingerprint density at radius 1 is 0.600 bits per heavy atom. The molecule has 2 atom stereocenters. The highest BCUT2D eigenvalue weighted by Gasteiger charge is 2.25. The van der Waals surface area contributed by atoms with Gasteiger partial charge in [-0.05, 0) is 70.6 Å². The zero-order chi connectivity index (χ0) is 36.8. The monoisotopic (exact) mass is 728 g/mol. The zero-order valence-corrected chi connectivity index (χ0v) is 32.8. The molecule has 0 saturated carbocycles. The van der Waals surface area contributed by atoms with Crippen LogP contribution in [0.1, 0.15) is 174 Å². The Labute approximate surface area is 305 Å². The quantitative estimate of drug-likeness (QED) is 0.0277. The predicted molar refractivity (Wildman–Crippen MR) is 206 cm³/mol. The molecule has 0 amide bonds. The van der Waals surface area contributed by atoms with Crippen molar-refractivity contribution in [2.24, 2.45) is 5.73 Å². The second-order valence-corrected chi connectivity index (χ2v) is 14.6. The summed E-state index contributed by atoms with van der Waals surface area (Å²) in [7, 11) is -4.38. The highest BCUT2D eigenvalue weighted by atomic mass is 31.2. The minimum atomic E-state index is -4.38. The molecule has 0 rings (SSSR count). The molecule has 3 N–H and O–H groups in total. The lowest BCUT2D eigenvalue weighted by Gasteiger charge is -2.19. The number of phosphoric acid groups is 1. The fourth-order valence-electron chi connectivity index (χ4n) is 5.25. The number of unbranched alkanes of at least 4 members (excludes halogenated alkanes) is 18. The molecular weight excluding hydrogens is 653 g/mol. The minimum absolute atomic E-state index is 0.0494. The lowest BCUT2D eigenvalue weighted by Crippen LogP contribution is -2.29. The van der Waals surface area contributed by atoms with Crippen molar-refractivity contribution in [2.75, 3.05) is 26.4 Å². The maximum absolute atomic E-state index is 12.5. The van der Waals surface area contributed by atoms with E-state index in [0.717, 1.165) is 77.0 Å². The molecule has 0 heterocycles. The second-order valence-electron chi connectivity index (χ2n) is 13.1. The number of hydrogen-bond acceptors (Lipinski definition) is 8. The maximum Gasteiger partial charge on any atom is 0.472 e. The molecule has 0 radical (unpaired) electrons. The molecule has 0 spiro atoms. The average Bonchev–Trinajstić information content (AvgIpc) is 3.10. The summed E-state index contributed by atoms with van der Waals surface area (Å²) in [5.41, 5.74) is 5.33. The van der Waals surface area contributed by atoms with Gasteiger partial charge in [0.25, 0.3) is 0 Å². The molecule has 0 aliphatic rings. The second kappa shape index (κ2) is 37.0. The standard InChI is InChI=1S/C40H74NO8P/c1-3-5-7-9-11-13-15-17-19-21-23-25-27-29-31-33-40(43)49-38(37-48-50(44,45)47-35-34-41)36-46-39(42)32-30-28-26-24-22-20-18-16-14-12-10-8-6-4-2/h11,13,16-19,38H,3-10,12,14-15,20-37,41H2,1-2H3,(H,44,45)/b13-11-,18-16-,19-17-. The molecule has 0 aromatic heterocycles. The van der Waals surface area contributed by atoms with Crippen LogP contribution in [-0.2, 0) is 32.7 Å². The minimum Gasteiger partial charge on any atom is -0.462 e. The van der Waals surface area contributed by atoms with Gasteiger partial charge in [0.05, 0.1) is 13.2 Å². The largest absolute Gasteiger partial charge is 0.472 e. The van der Waals surface area contributed by atoms with Crippen LogP contribution < -0.4 is 5.73 Å². The van der Waals surface area contributed by atoms with Gasteiger partial charge in [-0.15, -0.1) is 0 Å². The zero-order valence-electron chi connectivity index (χ0n) is 31.9. The number of esters is 2. The Kier molecular flexibility index (Phi) is 35.7. The predicted octanol–water partition coefficient (Wildman–Crippen LogP) is 11.0. The molecular formula is C40H74NO8P. The lowest BCUT2D eigenvalue weighted by atomic mass is 10.1. The lowest BCUT2D eigenvalue weighted by molar-refractivity contribution is -0.161. The van der Waals surface area contributed by atoms with E-state index in [4.69, 9.17) is 24.3 Å². The van der Waals surface area contributed by atoms with E-state index in [1.807, 2.05) is 0 Å². The van der Waals surface area contributed by atoms with E-state index in [1.54, 1.807) is 0 Å². The normalized spacial score (nSPS) is 13.8. The molecule has 0 aliphatic heterocycles. The Balaban J connectivity index is 4.24. The topological polar surface area (TPSA) is 134 Å². The Morgan fingerprint density at radius 2 is 1.04 bits per heavy atom. The molecule has 10 heteroatoms. The van der Waals surface area contributed by atoms with Gasteiger partial charge < -0.3 is 20.1 Å². The van der Waals surface area contributed by atoms with Crippen LogP contribution in [-0.4, -0.2) is 49.3 Å². The number of carbonyl (C=O) groups is 2. The van der Waals surface area contributed by atoms with Crippen molar-refractivity contribution in [1.82, 2.24) is 0 Å². The first-order chi connectivity index (χ1) is 24.3. The smallest absolute Gasteiger partial charge is 0.462 e. The summed E-state index contributed by atoms with van der Waals surface area (Å²) < 4.78 is 32.7. The average molecular weight is 728 g/mol. The third kappa shape index (κ3) is 36.0. The summed E-state index contributed by atoms with van der Waals surface area (Å²) in [4.78, 5) is 34.7. The van der Waals surface area contributed by atoms with E-state index in [2.05, 4.69) is 50.3 Å². The molecule has 9 nitrogen and oxygen atoms in total. The number of nitrogens with two attached hydrogens (primary N) is 1. The molecule has 50 heavy (non-hydrogen) atoms. The van der Waals surface area contributed by atoms with Gasteiger partial charge in [-0.2, -0.15) is 0 Å². The highest BCUT2D eigenvalue weighted by Crippen LogP contribution is 2.43. The van der Waals surface area contributed by atoms with E-state index in [-0.39, 0.29) is 32.6 Å². The van der Waals surface area contributed by atoms with Crippen LogP contribution in [0.15, 0.2) is 36.5 Å². The maximum atomic E-state index is 12.5. The van der Waals surface area contributed by atoms with Crippen LogP contribution in [0.25, 0.3) is 0 Å². The van der Waals surface area contributed by atoms with E-state index in [9.17, 15) is 19.0 Å². The molecule has 0 saturated heterocycles. The van der Waals surface area contributed by atoms with E-state index >= 15 is 0 Å². The third-order valence-corrected chi connectivity index (χ3v) is 9.23. The molecule has 2 unspecified atom stereocenters. The molecule has 292 valence electrons. The summed E-state index contributed by atoms with van der Waals surface area (Å²) in [5, 5.41) is 0. The van der Waals surface area contributed by atoms with Gasteiger partial charge >= 0.3 is 19.8 Å². The number of allylic oxidation sites excluding steroid dienone is 6. The third-order valence-electron chi connectivity index (χ3n) is 8.25. The molecule has 0 aromatic rings. The fourth-order valence-corrected chi connectivity index (χ4v) is 6.01. The van der Waals surface area contributed by atoms with Gasteiger partial charge in [-0.1, -0.05) is 127 Å². The van der Waals surface area contributed by atoms with Crippen molar-refractivity contribution >= 4 is 19.8 Å². The van der Waals surface area contributed by atoms with Gasteiger partial charge in [0.15, 0.2) is 6.10 Å². The number of rotatable bonds is 37. The van der Waals surface area contributed by atoms with Crippen LogP contribution in [0.4, 0.5) is 0 Å². The number of carbonyl (C=O) groups excluding carboxylic acids is 2. The van der Waals surface area contributed by atoms with E-state index < -0.39 is 32.5 Å². The van der Waals surface area contributed by atoms with Crippen molar-refractivity contribution in [3.63, 3.8) is 0 Å². The van der Waals surface area contributed by atoms with Crippen LogP contribution in [0.2, 0.25) is 0 Å². The van der Waals surface area contributed by atoms with Crippen molar-refractivity contribution < 1.29 is 37.6 Å². The van der Waals surface area contributed by atoms with Crippen LogP contribution in [0, 0.1) is 0 Å². The summed E-state index contributed by atoms with van der Waals surface area (Å²) in [5.74, 6) is -0.856. The first kappa shape index (κ1) is 48.2. The first-order valence-electron chi connectivity index (χ1n) is 20.0. The van der Waals surface area contributed by atoms with Crippen molar-refractivity contribution in [3.8, 4) is 0 Å². The summed E-state index contributed by atoms with van der Waals surface area (Å²) >= 11 is 0. The Morgan fingerprint density at radius 3 is 1.58 bits per heavy atom. The Hall–Kier alpha value is -1.77. The molecule has 0 aliphatic carbocycles. The van der Waals surface area contributed by atoms with Gasteiger partial charge in [-0.3, -0.25) is 18.6 Å². The Bertz CT molecular complexity index is 923. The van der Waals surface area contributed by atoms with Gasteiger partial charge in [0, 0.05) is 19.4 Å². The first-order valence-corrected chi connectivity index (χ1v) is 21.5. The summed E-state index contributed by atoms with van der Waals surface area (Å²) in [6.45, 7) is 3.66. The molecule has 0 aromatic carbocycles. The number of ether oxygens (including phenoxy) is 2. The summed E-state index contributed by atoms with van der Waals surface area (Å²) in [6, 6.07) is 0. The highest BCUT2D eigenvalue weighted by molar-refractivity contribution is 7.47. The fraction of sp³-hybridized carbons (Fsp3) is 0.800. The van der Waals surface area contributed by atoms with Crippen LogP contribution >= 0.6 is 7.82 Å². The van der Waals surface area contributed by atoms with Gasteiger partial charge in [0.2, 0.25) is 0 Å². The van der Waals surface area contributed by atoms with Gasteiger partial charge in [0.1, 0.15) is 6.61 Å². The van der Waals surface area contributed by atoms with Crippen molar-refractivity contribution in [1.29, 1.82) is 0 Å². The van der Waals surface area contributed by atoms with Gasteiger partial charge in [-0.25, -0.2) is 4.57 Å².